The summed E-state index contributed by atoms with van der Waals surface area (Å²) in [5, 5.41) is 12.1. The summed E-state index contributed by atoms with van der Waals surface area (Å²) in [6.45, 7) is 0. The smallest absolute Gasteiger partial charge is 0.337 e. The maximum Gasteiger partial charge on any atom is 0.337 e. The van der Waals surface area contributed by atoms with Crippen molar-refractivity contribution in [2.45, 2.75) is 6.42 Å². The molecule has 2 aliphatic carbocycles. The van der Waals surface area contributed by atoms with Crippen molar-refractivity contribution in [3.63, 3.8) is 0 Å². The molecular formula is C19H19NO7. The van der Waals surface area contributed by atoms with Crippen LogP contribution in [0.1, 0.15) is 27.1 Å². The molecule has 0 spiro atoms. The third kappa shape index (κ3) is 3.42. The van der Waals surface area contributed by atoms with Crippen LogP contribution in [0.2, 0.25) is 0 Å². The average molecular weight is 373 g/mol. The topological polar surface area (TPSA) is 119 Å². The van der Waals surface area contributed by atoms with Gasteiger partial charge in [-0.15, -0.1) is 0 Å². The number of aliphatic carboxylic acids is 1. The van der Waals surface area contributed by atoms with Gasteiger partial charge in [0.1, 0.15) is 0 Å². The number of ether oxygens (including phenoxy) is 2. The molecule has 8 heteroatoms. The fourth-order valence-electron chi connectivity index (χ4n) is 3.91. The molecule has 2 bridgehead atoms. The second kappa shape index (κ2) is 7.22. The van der Waals surface area contributed by atoms with Crippen molar-refractivity contribution in [3.05, 3.63) is 41.5 Å². The molecule has 0 unspecified atom stereocenters. The van der Waals surface area contributed by atoms with E-state index in [0.29, 0.717) is 6.42 Å². The first kappa shape index (κ1) is 18.6. The minimum Gasteiger partial charge on any atom is -0.481 e. The minimum atomic E-state index is -1.01. The Morgan fingerprint density at radius 2 is 1.44 bits per heavy atom. The number of fused-ring (bicyclic) bond motifs is 2. The van der Waals surface area contributed by atoms with Gasteiger partial charge in [-0.2, -0.15) is 0 Å². The van der Waals surface area contributed by atoms with Crippen LogP contribution in [0.15, 0.2) is 30.4 Å². The second-order valence-corrected chi connectivity index (χ2v) is 6.61. The summed E-state index contributed by atoms with van der Waals surface area (Å²) in [7, 11) is 2.40. The number of nitrogens with one attached hydrogen (secondary N) is 1. The number of amides is 1. The second-order valence-electron chi connectivity index (χ2n) is 6.61. The third-order valence-corrected chi connectivity index (χ3v) is 5.09. The van der Waals surface area contributed by atoms with Crippen LogP contribution in [0.4, 0.5) is 5.69 Å². The summed E-state index contributed by atoms with van der Waals surface area (Å²) in [6.07, 6.45) is 4.35. The van der Waals surface area contributed by atoms with E-state index < -0.39 is 35.7 Å². The van der Waals surface area contributed by atoms with Crippen LogP contribution in [-0.4, -0.2) is 43.1 Å². The Morgan fingerprint density at radius 1 is 0.926 bits per heavy atom. The van der Waals surface area contributed by atoms with E-state index in [1.807, 2.05) is 12.2 Å². The standard InChI is InChI=1S/C19H19NO7/c1-26-18(24)11-6-12(19(25)27-2)8-13(7-11)20-16(21)14-9-3-4-10(5-9)15(14)17(22)23/h3-4,6-10,14-15H,5H2,1-2H3,(H,20,21)(H,22,23)/t9-,10-,14-,15+/m0/s1. The highest BCUT2D eigenvalue weighted by atomic mass is 16.5. The molecule has 1 aromatic carbocycles. The molecule has 8 nitrogen and oxygen atoms in total. The number of hydrogen-bond acceptors (Lipinski definition) is 6. The first-order chi connectivity index (χ1) is 12.8. The largest absolute Gasteiger partial charge is 0.481 e. The van der Waals surface area contributed by atoms with E-state index in [9.17, 15) is 24.3 Å². The molecule has 0 heterocycles. The van der Waals surface area contributed by atoms with Crippen LogP contribution in [0.5, 0.6) is 0 Å². The number of carboxylic acid groups (broad SMARTS) is 1. The Balaban J connectivity index is 1.89. The molecule has 1 aromatic rings. The monoisotopic (exact) mass is 373 g/mol. The van der Waals surface area contributed by atoms with Crippen LogP contribution in [0.25, 0.3) is 0 Å². The van der Waals surface area contributed by atoms with Crippen molar-refractivity contribution in [1.82, 2.24) is 0 Å². The van der Waals surface area contributed by atoms with Gasteiger partial charge < -0.3 is 19.9 Å². The summed E-state index contributed by atoms with van der Waals surface area (Å²) >= 11 is 0. The number of carboxylic acids is 1. The Labute approximate surface area is 155 Å². The average Bonchev–Trinajstić information content (AvgIpc) is 3.27. The normalized spacial score (nSPS) is 25.1. The number of esters is 2. The van der Waals surface area contributed by atoms with Gasteiger partial charge in [-0.1, -0.05) is 12.2 Å². The highest BCUT2D eigenvalue weighted by Crippen LogP contribution is 2.48. The summed E-state index contributed by atoms with van der Waals surface area (Å²) in [5.74, 6) is -4.62. The molecule has 2 aliphatic rings. The Morgan fingerprint density at radius 3 is 1.93 bits per heavy atom. The van der Waals surface area contributed by atoms with Crippen LogP contribution in [0, 0.1) is 23.7 Å². The first-order valence-corrected chi connectivity index (χ1v) is 8.39. The van der Waals surface area contributed by atoms with E-state index in [2.05, 4.69) is 14.8 Å². The van der Waals surface area contributed by atoms with Gasteiger partial charge in [0.2, 0.25) is 5.91 Å². The lowest BCUT2D eigenvalue weighted by molar-refractivity contribution is -0.146. The van der Waals surface area contributed by atoms with Gasteiger partial charge in [-0.25, -0.2) is 9.59 Å². The minimum absolute atomic E-state index is 0.0679. The third-order valence-electron chi connectivity index (χ3n) is 5.09. The molecule has 0 aliphatic heterocycles. The van der Waals surface area contributed by atoms with Crippen LogP contribution >= 0.6 is 0 Å². The number of hydrogen-bond donors (Lipinski definition) is 2. The number of carbonyl (C=O) groups is 4. The predicted molar refractivity (Wildman–Crippen MR) is 93.1 cm³/mol. The first-order valence-electron chi connectivity index (χ1n) is 8.39. The van der Waals surface area contributed by atoms with Gasteiger partial charge in [-0.05, 0) is 36.5 Å². The van der Waals surface area contributed by atoms with E-state index in [-0.39, 0.29) is 28.7 Å². The Hall–Kier alpha value is -3.16. The van der Waals surface area contributed by atoms with Crippen molar-refractivity contribution in [2.75, 3.05) is 19.5 Å². The van der Waals surface area contributed by atoms with Gasteiger partial charge in [0.15, 0.2) is 0 Å². The molecule has 1 saturated carbocycles. The maximum atomic E-state index is 12.8. The highest BCUT2D eigenvalue weighted by molar-refractivity contribution is 6.01. The summed E-state index contributed by atoms with van der Waals surface area (Å²) in [4.78, 5) is 48.1. The Bertz CT molecular complexity index is 810. The van der Waals surface area contributed by atoms with E-state index >= 15 is 0 Å². The van der Waals surface area contributed by atoms with Crippen LogP contribution < -0.4 is 5.32 Å². The molecule has 1 amide bonds. The van der Waals surface area contributed by atoms with E-state index in [1.165, 1.54) is 32.4 Å². The van der Waals surface area contributed by atoms with Crippen molar-refractivity contribution in [3.8, 4) is 0 Å². The molecule has 0 saturated heterocycles. The molecule has 27 heavy (non-hydrogen) atoms. The van der Waals surface area contributed by atoms with Gasteiger partial charge in [0, 0.05) is 5.69 Å². The van der Waals surface area contributed by atoms with Crippen molar-refractivity contribution in [2.24, 2.45) is 23.7 Å². The number of benzene rings is 1. The SMILES string of the molecule is COC(=O)c1cc(NC(=O)[C@@H]2[C@H](C(=O)O)[C@H]3C=C[C@H]2C3)cc(C(=O)OC)c1. The van der Waals surface area contributed by atoms with Crippen LogP contribution in [-0.2, 0) is 19.1 Å². The van der Waals surface area contributed by atoms with Gasteiger partial charge >= 0.3 is 17.9 Å². The predicted octanol–water partition coefficient (Wildman–Crippen LogP) is 1.72. The van der Waals surface area contributed by atoms with Crippen LogP contribution in [0.3, 0.4) is 0 Å². The zero-order chi connectivity index (χ0) is 19.7. The fraction of sp³-hybridized carbons (Fsp3) is 0.368. The molecule has 3 rings (SSSR count). The molecule has 4 atom stereocenters. The lowest BCUT2D eigenvalue weighted by Crippen LogP contribution is -2.36. The number of carbonyl (C=O) groups excluding carboxylic acids is 3. The highest BCUT2D eigenvalue weighted by Gasteiger charge is 2.51. The molecule has 142 valence electrons. The number of rotatable bonds is 5. The summed E-state index contributed by atoms with van der Waals surface area (Å²) < 4.78 is 9.33. The van der Waals surface area contributed by atoms with Crippen molar-refractivity contribution < 1.29 is 33.8 Å². The number of methoxy groups -OCH3 is 2. The van der Waals surface area contributed by atoms with Crippen molar-refractivity contribution in [1.29, 1.82) is 0 Å². The summed E-state index contributed by atoms with van der Waals surface area (Å²) in [5.41, 5.74) is 0.329. The summed E-state index contributed by atoms with van der Waals surface area (Å²) in [6, 6.07) is 4.04. The van der Waals surface area contributed by atoms with Gasteiger partial charge in [0.25, 0.3) is 0 Å². The maximum absolute atomic E-state index is 12.8. The fourth-order valence-corrected chi connectivity index (χ4v) is 3.91. The molecule has 0 radical (unpaired) electrons. The lowest BCUT2D eigenvalue weighted by Gasteiger charge is -2.24. The zero-order valence-electron chi connectivity index (χ0n) is 14.8. The van der Waals surface area contributed by atoms with Crippen molar-refractivity contribution >= 4 is 29.5 Å². The molecule has 1 fully saturated rings. The Kier molecular flexibility index (Phi) is 4.98. The van der Waals surface area contributed by atoms with E-state index in [0.717, 1.165) is 0 Å². The van der Waals surface area contributed by atoms with Gasteiger partial charge in [-0.3, -0.25) is 9.59 Å². The zero-order valence-corrected chi connectivity index (χ0v) is 14.8. The lowest BCUT2D eigenvalue weighted by atomic mass is 9.82. The number of anilines is 1. The number of allylic oxidation sites excluding steroid dienone is 2. The molecule has 0 aromatic heterocycles. The quantitative estimate of drug-likeness (QED) is 0.596. The van der Waals surface area contributed by atoms with E-state index in [1.54, 1.807) is 0 Å². The van der Waals surface area contributed by atoms with E-state index in [4.69, 9.17) is 0 Å². The molecular weight excluding hydrogens is 354 g/mol. The van der Waals surface area contributed by atoms with Gasteiger partial charge in [0.05, 0.1) is 37.2 Å². The molecule has 2 N–H and O–H groups in total.